The van der Waals surface area contributed by atoms with Crippen LogP contribution in [0.5, 0.6) is 0 Å². The summed E-state index contributed by atoms with van der Waals surface area (Å²) in [5.41, 5.74) is -0.0735. The second-order valence-corrected chi connectivity index (χ2v) is 5.74. The van der Waals surface area contributed by atoms with E-state index in [-0.39, 0.29) is 12.1 Å². The van der Waals surface area contributed by atoms with E-state index in [1.807, 2.05) is 0 Å². The first-order valence-electron chi connectivity index (χ1n) is 7.48. The molecule has 0 amide bonds. The molecule has 2 N–H and O–H groups in total. The van der Waals surface area contributed by atoms with Crippen LogP contribution in [0.1, 0.15) is 39.0 Å². The molecule has 2 fully saturated rings. The third-order valence-corrected chi connectivity index (χ3v) is 4.51. The van der Waals surface area contributed by atoms with Crippen LogP contribution >= 0.6 is 0 Å². The average molecular weight is 256 g/mol. The third kappa shape index (κ3) is 3.67. The highest BCUT2D eigenvalue weighted by atomic mass is 16.5. The highest BCUT2D eigenvalue weighted by Crippen LogP contribution is 2.23. The van der Waals surface area contributed by atoms with Gasteiger partial charge < -0.3 is 20.1 Å². The summed E-state index contributed by atoms with van der Waals surface area (Å²) in [6.45, 7) is 7.64. The van der Waals surface area contributed by atoms with Gasteiger partial charge in [0.1, 0.15) is 0 Å². The van der Waals surface area contributed by atoms with Gasteiger partial charge in [0.15, 0.2) is 0 Å². The molecule has 2 saturated heterocycles. The largest absolute Gasteiger partial charge is 0.394 e. The van der Waals surface area contributed by atoms with E-state index in [9.17, 15) is 5.11 Å². The van der Waals surface area contributed by atoms with Gasteiger partial charge in [-0.25, -0.2) is 0 Å². The molecular weight excluding hydrogens is 228 g/mol. The number of hydrogen-bond donors (Lipinski definition) is 2. The first-order chi connectivity index (χ1) is 8.78. The molecule has 0 radical (unpaired) electrons. The first kappa shape index (κ1) is 14.3. The average Bonchev–Trinajstić information content (AvgIpc) is 2.83. The molecule has 2 unspecified atom stereocenters. The summed E-state index contributed by atoms with van der Waals surface area (Å²) < 4.78 is 5.65. The molecule has 0 aromatic rings. The molecule has 4 nitrogen and oxygen atoms in total. The van der Waals surface area contributed by atoms with Gasteiger partial charge in [-0.1, -0.05) is 6.92 Å². The Morgan fingerprint density at radius 1 is 1.33 bits per heavy atom. The zero-order chi connectivity index (χ0) is 12.8. The molecule has 0 saturated carbocycles. The van der Waals surface area contributed by atoms with E-state index < -0.39 is 0 Å². The van der Waals surface area contributed by atoms with Gasteiger partial charge in [-0.2, -0.15) is 0 Å². The number of aliphatic hydroxyl groups is 1. The summed E-state index contributed by atoms with van der Waals surface area (Å²) in [5.74, 6) is 0. The minimum Gasteiger partial charge on any atom is -0.394 e. The smallest absolute Gasteiger partial charge is 0.0700 e. The molecule has 2 atom stereocenters. The van der Waals surface area contributed by atoms with Gasteiger partial charge in [-0.15, -0.1) is 0 Å². The Morgan fingerprint density at radius 2 is 2.22 bits per heavy atom. The van der Waals surface area contributed by atoms with Crippen LogP contribution in [0.2, 0.25) is 0 Å². The van der Waals surface area contributed by atoms with Gasteiger partial charge in [0.05, 0.1) is 12.7 Å². The molecule has 0 aliphatic carbocycles. The quantitative estimate of drug-likeness (QED) is 0.770. The Kier molecular flexibility index (Phi) is 5.42. The fourth-order valence-corrected chi connectivity index (χ4v) is 3.09. The number of ether oxygens (including phenoxy) is 1. The molecule has 18 heavy (non-hydrogen) atoms. The van der Waals surface area contributed by atoms with Crippen molar-refractivity contribution < 1.29 is 9.84 Å². The van der Waals surface area contributed by atoms with Crippen molar-refractivity contribution in [2.45, 2.75) is 50.7 Å². The highest BCUT2D eigenvalue weighted by molar-refractivity contribution is 4.91. The Bertz CT molecular complexity index is 244. The van der Waals surface area contributed by atoms with Crippen molar-refractivity contribution in [1.82, 2.24) is 10.2 Å². The molecular formula is C14H28N2O2. The fourth-order valence-electron chi connectivity index (χ4n) is 3.09. The van der Waals surface area contributed by atoms with Crippen LogP contribution in [-0.4, -0.2) is 61.0 Å². The van der Waals surface area contributed by atoms with Gasteiger partial charge in [-0.05, 0) is 51.7 Å². The van der Waals surface area contributed by atoms with E-state index >= 15 is 0 Å². The highest BCUT2D eigenvalue weighted by Gasteiger charge is 2.32. The van der Waals surface area contributed by atoms with Crippen molar-refractivity contribution in [3.05, 3.63) is 0 Å². The van der Waals surface area contributed by atoms with Gasteiger partial charge in [0, 0.05) is 18.7 Å². The van der Waals surface area contributed by atoms with E-state index in [4.69, 9.17) is 4.74 Å². The van der Waals surface area contributed by atoms with Gasteiger partial charge in [-0.3, -0.25) is 0 Å². The summed E-state index contributed by atoms with van der Waals surface area (Å²) in [5, 5.41) is 13.4. The second kappa shape index (κ2) is 6.85. The number of nitrogens with zero attached hydrogens (tertiary/aromatic N) is 1. The van der Waals surface area contributed by atoms with Crippen molar-refractivity contribution in [1.29, 1.82) is 0 Å². The third-order valence-electron chi connectivity index (χ3n) is 4.51. The summed E-state index contributed by atoms with van der Waals surface area (Å²) in [6.07, 6.45) is 6.00. The zero-order valence-electron chi connectivity index (χ0n) is 11.7. The fraction of sp³-hybridized carbons (Fsp3) is 1.00. The predicted octanol–water partition coefficient (Wildman–Crippen LogP) is 0.992. The molecule has 2 aliphatic rings. The maximum atomic E-state index is 9.78. The Hall–Kier alpha value is -0.160. The SMILES string of the molecule is CCN1CCCC(CO)(NCC2CCCO2)CC1. The maximum Gasteiger partial charge on any atom is 0.0700 e. The molecule has 0 aromatic carbocycles. The van der Waals surface area contributed by atoms with Crippen molar-refractivity contribution in [3.8, 4) is 0 Å². The van der Waals surface area contributed by atoms with Crippen LogP contribution in [0.15, 0.2) is 0 Å². The van der Waals surface area contributed by atoms with Crippen LogP contribution in [-0.2, 0) is 4.74 Å². The van der Waals surface area contributed by atoms with Gasteiger partial charge >= 0.3 is 0 Å². The number of hydrogen-bond acceptors (Lipinski definition) is 4. The molecule has 106 valence electrons. The lowest BCUT2D eigenvalue weighted by Crippen LogP contribution is -2.51. The number of aliphatic hydroxyl groups excluding tert-OH is 1. The molecule has 4 heteroatoms. The van der Waals surface area contributed by atoms with E-state index in [0.29, 0.717) is 6.10 Å². The lowest BCUT2D eigenvalue weighted by Gasteiger charge is -2.33. The van der Waals surface area contributed by atoms with Crippen LogP contribution in [0.4, 0.5) is 0 Å². The van der Waals surface area contributed by atoms with Crippen LogP contribution in [0, 0.1) is 0 Å². The van der Waals surface area contributed by atoms with Crippen molar-refractivity contribution in [3.63, 3.8) is 0 Å². The van der Waals surface area contributed by atoms with E-state index in [1.165, 1.54) is 19.4 Å². The molecule has 0 spiro atoms. The normalized spacial score (nSPS) is 34.7. The monoisotopic (exact) mass is 256 g/mol. The van der Waals surface area contributed by atoms with Crippen LogP contribution in [0.3, 0.4) is 0 Å². The molecule has 2 aliphatic heterocycles. The lowest BCUT2D eigenvalue weighted by atomic mass is 9.91. The van der Waals surface area contributed by atoms with E-state index in [1.54, 1.807) is 0 Å². The van der Waals surface area contributed by atoms with Gasteiger partial charge in [0.2, 0.25) is 0 Å². The Morgan fingerprint density at radius 3 is 2.89 bits per heavy atom. The summed E-state index contributed by atoms with van der Waals surface area (Å²) in [6, 6.07) is 0. The maximum absolute atomic E-state index is 9.78. The van der Waals surface area contributed by atoms with Crippen LogP contribution < -0.4 is 5.32 Å². The Labute approximate surface area is 111 Å². The van der Waals surface area contributed by atoms with Crippen molar-refractivity contribution >= 4 is 0 Å². The van der Waals surface area contributed by atoms with Crippen molar-refractivity contribution in [2.75, 3.05) is 39.4 Å². The second-order valence-electron chi connectivity index (χ2n) is 5.74. The number of likely N-dealkylation sites (tertiary alicyclic amines) is 1. The van der Waals surface area contributed by atoms with E-state index in [0.717, 1.165) is 45.5 Å². The molecule has 0 bridgehead atoms. The lowest BCUT2D eigenvalue weighted by molar-refractivity contribution is 0.0827. The van der Waals surface area contributed by atoms with Gasteiger partial charge in [0.25, 0.3) is 0 Å². The number of nitrogens with one attached hydrogen (secondary N) is 1. The van der Waals surface area contributed by atoms with Crippen molar-refractivity contribution in [2.24, 2.45) is 0 Å². The zero-order valence-corrected chi connectivity index (χ0v) is 11.7. The molecule has 2 rings (SSSR count). The summed E-state index contributed by atoms with van der Waals surface area (Å²) in [4.78, 5) is 2.48. The minimum absolute atomic E-state index is 0.0735. The topological polar surface area (TPSA) is 44.7 Å². The predicted molar refractivity (Wildman–Crippen MR) is 72.8 cm³/mol. The Balaban J connectivity index is 1.84. The molecule has 0 aromatic heterocycles. The first-order valence-corrected chi connectivity index (χ1v) is 7.48. The molecule has 2 heterocycles. The standard InChI is InChI=1S/C14H28N2O2/c1-2-16-8-4-6-14(12-17,7-9-16)15-11-13-5-3-10-18-13/h13,15,17H,2-12H2,1H3. The summed E-state index contributed by atoms with van der Waals surface area (Å²) >= 11 is 0. The van der Waals surface area contributed by atoms with Crippen LogP contribution in [0.25, 0.3) is 0 Å². The summed E-state index contributed by atoms with van der Waals surface area (Å²) in [7, 11) is 0. The number of rotatable bonds is 5. The minimum atomic E-state index is -0.0735. The van der Waals surface area contributed by atoms with E-state index in [2.05, 4.69) is 17.1 Å².